The molecule has 0 amide bonds. The van der Waals surface area contributed by atoms with Gasteiger partial charge in [-0.1, -0.05) is 37.6 Å². The first kappa shape index (κ1) is 13.8. The smallest absolute Gasteiger partial charge is 0.0627 e. The summed E-state index contributed by atoms with van der Waals surface area (Å²) < 4.78 is 6.13. The first-order valence-electron chi connectivity index (χ1n) is 8.84. The molecule has 0 spiro atoms. The van der Waals surface area contributed by atoms with Crippen molar-refractivity contribution < 1.29 is 4.74 Å². The molecule has 0 aromatic heterocycles. The van der Waals surface area contributed by atoms with Crippen molar-refractivity contribution in [3.63, 3.8) is 0 Å². The van der Waals surface area contributed by atoms with E-state index in [1.807, 2.05) is 0 Å². The summed E-state index contributed by atoms with van der Waals surface area (Å²) in [5.74, 6) is 1.48. The van der Waals surface area contributed by atoms with E-state index >= 15 is 0 Å². The molecule has 4 unspecified atom stereocenters. The molecule has 1 saturated carbocycles. The van der Waals surface area contributed by atoms with E-state index in [4.69, 9.17) is 4.74 Å². The first-order valence-corrected chi connectivity index (χ1v) is 8.84. The minimum Gasteiger partial charge on any atom is -0.375 e. The molecule has 0 radical (unpaired) electrons. The van der Waals surface area contributed by atoms with Gasteiger partial charge in [0.2, 0.25) is 0 Å². The van der Waals surface area contributed by atoms with Gasteiger partial charge in [0.15, 0.2) is 0 Å². The molecule has 2 bridgehead atoms. The third-order valence-electron chi connectivity index (χ3n) is 5.88. The van der Waals surface area contributed by atoms with Crippen molar-refractivity contribution in [3.05, 3.63) is 35.4 Å². The standard InChI is InChI=1S/C19H27NO/c1-2-20-19(17-12-14-10-11-18(17)21-14)16-9-4-3-8-15(16)13-6-5-7-13/h3-4,8-9,13-14,17-20H,2,5-7,10-12H2,1H3. The van der Waals surface area contributed by atoms with Crippen LogP contribution in [0.1, 0.15) is 68.5 Å². The molecule has 21 heavy (non-hydrogen) atoms. The van der Waals surface area contributed by atoms with Gasteiger partial charge in [-0.3, -0.25) is 0 Å². The second-order valence-electron chi connectivity index (χ2n) is 7.07. The number of fused-ring (bicyclic) bond motifs is 2. The summed E-state index contributed by atoms with van der Waals surface area (Å²) in [6.07, 6.45) is 8.99. The lowest BCUT2D eigenvalue weighted by Crippen LogP contribution is -2.34. The van der Waals surface area contributed by atoms with Gasteiger partial charge in [0.25, 0.3) is 0 Å². The van der Waals surface area contributed by atoms with Crippen LogP contribution in [0.5, 0.6) is 0 Å². The topological polar surface area (TPSA) is 21.3 Å². The number of rotatable bonds is 5. The summed E-state index contributed by atoms with van der Waals surface area (Å²) in [4.78, 5) is 0. The Morgan fingerprint density at radius 3 is 2.67 bits per heavy atom. The van der Waals surface area contributed by atoms with Crippen LogP contribution in [0.3, 0.4) is 0 Å². The molecule has 1 aromatic carbocycles. The molecular weight excluding hydrogens is 258 g/mol. The van der Waals surface area contributed by atoms with Crippen LogP contribution in [0.2, 0.25) is 0 Å². The zero-order valence-corrected chi connectivity index (χ0v) is 13.1. The predicted molar refractivity (Wildman–Crippen MR) is 85.5 cm³/mol. The van der Waals surface area contributed by atoms with Gasteiger partial charge in [-0.25, -0.2) is 0 Å². The molecule has 4 atom stereocenters. The lowest BCUT2D eigenvalue weighted by molar-refractivity contribution is 0.0857. The minimum atomic E-state index is 0.488. The van der Waals surface area contributed by atoms with Gasteiger partial charge in [0.1, 0.15) is 0 Å². The highest BCUT2D eigenvalue weighted by atomic mass is 16.5. The largest absolute Gasteiger partial charge is 0.375 e. The number of benzene rings is 1. The molecule has 2 heterocycles. The molecule has 3 aliphatic rings. The van der Waals surface area contributed by atoms with Crippen LogP contribution >= 0.6 is 0 Å². The average molecular weight is 285 g/mol. The average Bonchev–Trinajstić information content (AvgIpc) is 3.06. The molecule has 2 saturated heterocycles. The molecule has 1 aliphatic carbocycles. The van der Waals surface area contributed by atoms with Crippen LogP contribution in [-0.2, 0) is 4.74 Å². The van der Waals surface area contributed by atoms with Crippen LogP contribution in [0.4, 0.5) is 0 Å². The Hall–Kier alpha value is -0.860. The first-order chi connectivity index (χ1) is 10.4. The number of hydrogen-bond donors (Lipinski definition) is 1. The van der Waals surface area contributed by atoms with Gasteiger partial charge in [0.05, 0.1) is 12.2 Å². The quantitative estimate of drug-likeness (QED) is 0.876. The van der Waals surface area contributed by atoms with Crippen LogP contribution < -0.4 is 5.32 Å². The second kappa shape index (κ2) is 5.73. The van der Waals surface area contributed by atoms with Crippen molar-refractivity contribution in [3.8, 4) is 0 Å². The van der Waals surface area contributed by atoms with Gasteiger partial charge < -0.3 is 10.1 Å². The summed E-state index contributed by atoms with van der Waals surface area (Å²) in [5, 5.41) is 3.79. The van der Waals surface area contributed by atoms with Crippen LogP contribution in [0.25, 0.3) is 0 Å². The number of ether oxygens (including phenoxy) is 1. The van der Waals surface area contributed by atoms with Gasteiger partial charge in [0, 0.05) is 12.0 Å². The third kappa shape index (κ3) is 2.43. The van der Waals surface area contributed by atoms with E-state index in [1.54, 1.807) is 11.1 Å². The van der Waals surface area contributed by atoms with E-state index in [1.165, 1.54) is 38.5 Å². The van der Waals surface area contributed by atoms with Crippen molar-refractivity contribution in [2.45, 2.75) is 69.6 Å². The maximum atomic E-state index is 6.13. The van der Waals surface area contributed by atoms with Crippen molar-refractivity contribution in [1.29, 1.82) is 0 Å². The zero-order chi connectivity index (χ0) is 14.2. The fourth-order valence-electron chi connectivity index (χ4n) is 4.62. The van der Waals surface area contributed by atoms with E-state index in [0.717, 1.165) is 12.5 Å². The van der Waals surface area contributed by atoms with Crippen LogP contribution in [0.15, 0.2) is 24.3 Å². The highest BCUT2D eigenvalue weighted by molar-refractivity contribution is 5.35. The Morgan fingerprint density at radius 2 is 2.05 bits per heavy atom. The summed E-state index contributed by atoms with van der Waals surface area (Å²) >= 11 is 0. The monoisotopic (exact) mass is 285 g/mol. The van der Waals surface area contributed by atoms with Gasteiger partial charge in [-0.05, 0) is 55.7 Å². The molecule has 114 valence electrons. The summed E-state index contributed by atoms with van der Waals surface area (Å²) in [6, 6.07) is 9.67. The molecule has 2 aliphatic heterocycles. The molecular formula is C19H27NO. The summed E-state index contributed by atoms with van der Waals surface area (Å²) in [6.45, 7) is 3.27. The molecule has 1 aromatic rings. The van der Waals surface area contributed by atoms with Crippen molar-refractivity contribution in [2.75, 3.05) is 6.54 Å². The van der Waals surface area contributed by atoms with Crippen molar-refractivity contribution in [1.82, 2.24) is 5.32 Å². The predicted octanol–water partition coefficient (Wildman–Crippen LogP) is 4.17. The SMILES string of the molecule is CCNC(c1ccccc1C1CCC1)C1CC2CCC1O2. The Balaban J connectivity index is 1.64. The van der Waals surface area contributed by atoms with Crippen molar-refractivity contribution >= 4 is 0 Å². The highest BCUT2D eigenvalue weighted by Gasteiger charge is 2.45. The number of nitrogens with one attached hydrogen (secondary N) is 1. The minimum absolute atomic E-state index is 0.488. The lowest BCUT2D eigenvalue weighted by Gasteiger charge is -2.34. The van der Waals surface area contributed by atoms with Crippen molar-refractivity contribution in [2.24, 2.45) is 5.92 Å². The van der Waals surface area contributed by atoms with E-state index in [0.29, 0.717) is 24.2 Å². The molecule has 3 fully saturated rings. The molecule has 2 heteroatoms. The summed E-state index contributed by atoms with van der Waals surface area (Å²) in [5.41, 5.74) is 3.17. The molecule has 1 N–H and O–H groups in total. The van der Waals surface area contributed by atoms with Crippen LogP contribution in [0, 0.1) is 5.92 Å². The van der Waals surface area contributed by atoms with E-state index < -0.39 is 0 Å². The van der Waals surface area contributed by atoms with Crippen LogP contribution in [-0.4, -0.2) is 18.8 Å². The van der Waals surface area contributed by atoms with E-state index in [9.17, 15) is 0 Å². The highest BCUT2D eigenvalue weighted by Crippen LogP contribution is 2.47. The van der Waals surface area contributed by atoms with E-state index in [2.05, 4.69) is 36.5 Å². The maximum absolute atomic E-state index is 6.13. The van der Waals surface area contributed by atoms with Gasteiger partial charge in [-0.15, -0.1) is 0 Å². The summed E-state index contributed by atoms with van der Waals surface area (Å²) in [7, 11) is 0. The number of hydrogen-bond acceptors (Lipinski definition) is 2. The molecule has 2 nitrogen and oxygen atoms in total. The molecule has 4 rings (SSSR count). The lowest BCUT2D eigenvalue weighted by atomic mass is 9.74. The van der Waals surface area contributed by atoms with Gasteiger partial charge >= 0.3 is 0 Å². The second-order valence-corrected chi connectivity index (χ2v) is 7.07. The Kier molecular flexibility index (Phi) is 3.76. The third-order valence-corrected chi connectivity index (χ3v) is 5.88. The Bertz CT molecular complexity index is 496. The van der Waals surface area contributed by atoms with E-state index in [-0.39, 0.29) is 0 Å². The van der Waals surface area contributed by atoms with Gasteiger partial charge in [-0.2, -0.15) is 0 Å². The Morgan fingerprint density at radius 1 is 1.19 bits per heavy atom. The fraction of sp³-hybridized carbons (Fsp3) is 0.684. The normalized spacial score (nSPS) is 33.1. The Labute approximate surface area is 128 Å². The fourth-order valence-corrected chi connectivity index (χ4v) is 4.62. The maximum Gasteiger partial charge on any atom is 0.0627 e. The zero-order valence-electron chi connectivity index (χ0n) is 13.1.